The second kappa shape index (κ2) is 9.15. The number of anilines is 1. The Kier molecular flexibility index (Phi) is 6.45. The summed E-state index contributed by atoms with van der Waals surface area (Å²) in [4.78, 5) is 27.3. The Morgan fingerprint density at radius 1 is 1.09 bits per heavy atom. The summed E-state index contributed by atoms with van der Waals surface area (Å²) < 4.78 is 33.8. The molecule has 0 N–H and O–H groups in total. The fourth-order valence-corrected chi connectivity index (χ4v) is 5.96. The van der Waals surface area contributed by atoms with Crippen molar-refractivity contribution < 1.29 is 17.6 Å². The van der Waals surface area contributed by atoms with E-state index < -0.39 is 15.8 Å². The van der Waals surface area contributed by atoms with Crippen LogP contribution in [0.25, 0.3) is 11.1 Å². The first kappa shape index (κ1) is 23.3. The minimum Gasteiger partial charge on any atom is -0.408 e. The van der Waals surface area contributed by atoms with Crippen LogP contribution in [0.15, 0.2) is 50.5 Å². The number of aryl methyl sites for hydroxylation is 3. The van der Waals surface area contributed by atoms with E-state index in [0.29, 0.717) is 25.2 Å². The van der Waals surface area contributed by atoms with Gasteiger partial charge < -0.3 is 9.32 Å². The fraction of sp³-hybridized carbons (Fsp3) is 0.417. The number of fused-ring (bicyclic) bond motifs is 1. The molecule has 2 heterocycles. The zero-order valence-electron chi connectivity index (χ0n) is 19.2. The van der Waals surface area contributed by atoms with Gasteiger partial charge >= 0.3 is 5.76 Å². The van der Waals surface area contributed by atoms with Gasteiger partial charge in [-0.1, -0.05) is 17.7 Å². The normalized spacial score (nSPS) is 14.8. The molecule has 9 heteroatoms. The molecule has 1 aliphatic rings. The van der Waals surface area contributed by atoms with E-state index in [4.69, 9.17) is 4.42 Å². The van der Waals surface area contributed by atoms with Crippen molar-refractivity contribution in [1.82, 2.24) is 8.87 Å². The second-order valence-electron chi connectivity index (χ2n) is 8.44. The van der Waals surface area contributed by atoms with Gasteiger partial charge in [0.25, 0.3) is 0 Å². The number of aromatic nitrogens is 1. The Morgan fingerprint density at radius 2 is 1.82 bits per heavy atom. The lowest BCUT2D eigenvalue weighted by atomic mass is 10.1. The van der Waals surface area contributed by atoms with E-state index in [2.05, 4.69) is 0 Å². The van der Waals surface area contributed by atoms with Crippen LogP contribution in [0.4, 0.5) is 5.69 Å². The van der Waals surface area contributed by atoms with Gasteiger partial charge in [0, 0.05) is 44.4 Å². The zero-order chi connectivity index (χ0) is 23.8. The largest absolute Gasteiger partial charge is 0.419 e. The number of carbonyl (C=O) groups is 1. The van der Waals surface area contributed by atoms with E-state index in [1.807, 2.05) is 39.0 Å². The van der Waals surface area contributed by atoms with Crippen LogP contribution in [-0.2, 0) is 21.4 Å². The molecule has 2 aromatic carbocycles. The Balaban J connectivity index is 1.55. The minimum atomic E-state index is -3.61. The number of nitrogens with zero attached hydrogens (tertiary/aromatic N) is 3. The van der Waals surface area contributed by atoms with Gasteiger partial charge in [-0.05, 0) is 57.4 Å². The number of amides is 1. The summed E-state index contributed by atoms with van der Waals surface area (Å²) in [6, 6.07) is 10.4. The first-order valence-electron chi connectivity index (χ1n) is 11.2. The third-order valence-electron chi connectivity index (χ3n) is 6.15. The van der Waals surface area contributed by atoms with E-state index in [1.54, 1.807) is 11.0 Å². The summed E-state index contributed by atoms with van der Waals surface area (Å²) in [7, 11) is -3.61. The number of benzene rings is 2. The molecular formula is C24H29N3O5S. The van der Waals surface area contributed by atoms with Crippen LogP contribution in [0.5, 0.6) is 0 Å². The lowest BCUT2D eigenvalue weighted by Gasteiger charge is -2.23. The number of carbonyl (C=O) groups excluding carboxylic acids is 1. The number of oxazole rings is 1. The Morgan fingerprint density at radius 3 is 2.48 bits per heavy atom. The van der Waals surface area contributed by atoms with Gasteiger partial charge in [0.2, 0.25) is 15.9 Å². The zero-order valence-corrected chi connectivity index (χ0v) is 20.0. The SMILES string of the molecule is CCN(C(=O)CCn1c(=O)oc2cc(S(=O)(=O)N3CCCC3)ccc21)c1ccc(C)cc1C. The number of hydrogen-bond donors (Lipinski definition) is 0. The van der Waals surface area contributed by atoms with Crippen LogP contribution in [0.3, 0.4) is 0 Å². The summed E-state index contributed by atoms with van der Waals surface area (Å²) in [5.41, 5.74) is 3.68. The highest BCUT2D eigenvalue weighted by Gasteiger charge is 2.28. The molecule has 0 aliphatic carbocycles. The van der Waals surface area contributed by atoms with Crippen molar-refractivity contribution in [2.45, 2.75) is 51.5 Å². The molecule has 0 bridgehead atoms. The molecule has 0 radical (unpaired) electrons. The summed E-state index contributed by atoms with van der Waals surface area (Å²) in [6.07, 6.45) is 1.80. The Bertz CT molecular complexity index is 1350. The predicted octanol–water partition coefficient (Wildman–Crippen LogP) is 3.44. The van der Waals surface area contributed by atoms with Crippen LogP contribution in [-0.4, -0.2) is 42.8 Å². The van der Waals surface area contributed by atoms with Gasteiger partial charge in [-0.2, -0.15) is 4.31 Å². The summed E-state index contributed by atoms with van der Waals surface area (Å²) >= 11 is 0. The van der Waals surface area contributed by atoms with Gasteiger partial charge in [-0.3, -0.25) is 9.36 Å². The maximum atomic E-state index is 13.0. The Hall–Kier alpha value is -2.91. The molecule has 33 heavy (non-hydrogen) atoms. The van der Waals surface area contributed by atoms with Crippen LogP contribution in [0.2, 0.25) is 0 Å². The molecule has 176 valence electrons. The summed E-state index contributed by atoms with van der Waals surface area (Å²) in [5, 5.41) is 0. The predicted molar refractivity (Wildman–Crippen MR) is 127 cm³/mol. The fourth-order valence-electron chi connectivity index (χ4n) is 4.43. The smallest absolute Gasteiger partial charge is 0.408 e. The van der Waals surface area contributed by atoms with E-state index in [-0.39, 0.29) is 29.4 Å². The molecule has 0 spiro atoms. The second-order valence-corrected chi connectivity index (χ2v) is 10.4. The molecule has 3 aromatic rings. The topological polar surface area (TPSA) is 92.8 Å². The summed E-state index contributed by atoms with van der Waals surface area (Å²) in [5.74, 6) is -0.706. The Labute approximate surface area is 193 Å². The maximum Gasteiger partial charge on any atom is 0.419 e. The molecular weight excluding hydrogens is 442 g/mol. The molecule has 4 rings (SSSR count). The van der Waals surface area contributed by atoms with Crippen molar-refractivity contribution in [2.75, 3.05) is 24.5 Å². The van der Waals surface area contributed by atoms with Gasteiger partial charge in [0.1, 0.15) is 0 Å². The highest BCUT2D eigenvalue weighted by atomic mass is 32.2. The van der Waals surface area contributed by atoms with Crippen LogP contribution in [0, 0.1) is 13.8 Å². The van der Waals surface area contributed by atoms with Gasteiger partial charge in [0.05, 0.1) is 10.4 Å². The quantitative estimate of drug-likeness (QED) is 0.526. The van der Waals surface area contributed by atoms with Crippen molar-refractivity contribution in [1.29, 1.82) is 0 Å². The average molecular weight is 472 g/mol. The van der Waals surface area contributed by atoms with Crippen molar-refractivity contribution in [3.63, 3.8) is 0 Å². The van der Waals surface area contributed by atoms with Gasteiger partial charge in [0.15, 0.2) is 5.58 Å². The molecule has 0 saturated carbocycles. The molecule has 1 aliphatic heterocycles. The maximum absolute atomic E-state index is 13.0. The molecule has 1 saturated heterocycles. The van der Waals surface area contributed by atoms with E-state index in [9.17, 15) is 18.0 Å². The minimum absolute atomic E-state index is 0.0982. The lowest BCUT2D eigenvalue weighted by molar-refractivity contribution is -0.118. The van der Waals surface area contributed by atoms with Crippen molar-refractivity contribution >= 4 is 32.7 Å². The van der Waals surface area contributed by atoms with Gasteiger partial charge in [-0.25, -0.2) is 13.2 Å². The van der Waals surface area contributed by atoms with E-state index >= 15 is 0 Å². The molecule has 1 fully saturated rings. The number of sulfonamides is 1. The van der Waals surface area contributed by atoms with Crippen molar-refractivity contribution in [2.24, 2.45) is 0 Å². The van der Waals surface area contributed by atoms with Crippen LogP contribution >= 0.6 is 0 Å². The molecule has 1 aromatic heterocycles. The molecule has 1 amide bonds. The van der Waals surface area contributed by atoms with Crippen LogP contribution in [0.1, 0.15) is 37.3 Å². The highest BCUT2D eigenvalue weighted by Crippen LogP contribution is 2.25. The number of hydrogen-bond acceptors (Lipinski definition) is 5. The van der Waals surface area contributed by atoms with E-state index in [1.165, 1.54) is 21.0 Å². The molecule has 0 atom stereocenters. The van der Waals surface area contributed by atoms with E-state index in [0.717, 1.165) is 29.7 Å². The monoisotopic (exact) mass is 471 g/mol. The van der Waals surface area contributed by atoms with Crippen LogP contribution < -0.4 is 10.7 Å². The number of rotatable bonds is 7. The van der Waals surface area contributed by atoms with Gasteiger partial charge in [-0.15, -0.1) is 0 Å². The molecule has 0 unspecified atom stereocenters. The van der Waals surface area contributed by atoms with Crippen molar-refractivity contribution in [3.8, 4) is 0 Å². The highest BCUT2D eigenvalue weighted by molar-refractivity contribution is 7.89. The first-order chi connectivity index (χ1) is 15.7. The molecule has 8 nitrogen and oxygen atoms in total. The average Bonchev–Trinajstić information content (AvgIpc) is 3.42. The first-order valence-corrected chi connectivity index (χ1v) is 12.7. The lowest BCUT2D eigenvalue weighted by Crippen LogP contribution is -2.32. The standard InChI is InChI=1S/C24H29N3O5S/c1-4-26(20-9-7-17(2)15-18(20)3)23(28)11-14-27-21-10-8-19(16-22(21)32-24(27)29)33(30,31)25-12-5-6-13-25/h7-10,15-16H,4-6,11-14H2,1-3H3. The van der Waals surface area contributed by atoms with Crippen molar-refractivity contribution in [3.05, 3.63) is 58.1 Å². The summed E-state index contributed by atoms with van der Waals surface area (Å²) in [6.45, 7) is 7.56. The third kappa shape index (κ3) is 4.47. The third-order valence-corrected chi connectivity index (χ3v) is 8.05.